The predicted octanol–water partition coefficient (Wildman–Crippen LogP) is 0.859. The molecule has 0 aromatic heterocycles. The second-order valence-electron chi connectivity index (χ2n) is 5.54. The molecule has 0 saturated carbocycles. The van der Waals surface area contributed by atoms with E-state index in [0.717, 1.165) is 4.90 Å². The molecule has 2 heterocycles. The molecule has 1 saturated heterocycles. The average molecular weight is 303 g/mol. The standard InChI is InChI=1S/C14H13N3O5/c1-14(6-3-7-15-13(14)20)16-11(18)8-4-2-5-9(17(21)22)10(8)12(16)19/h2,4-5H,3,6-7H2,1H3,(H,15,20)/t14-/m1/s1. The lowest BCUT2D eigenvalue weighted by Crippen LogP contribution is -2.61. The highest BCUT2D eigenvalue weighted by Gasteiger charge is 2.53. The van der Waals surface area contributed by atoms with Crippen molar-refractivity contribution in [1.29, 1.82) is 0 Å². The first kappa shape index (κ1) is 14.2. The normalized spacial score (nSPS) is 24.2. The lowest BCUT2D eigenvalue weighted by Gasteiger charge is -2.38. The van der Waals surface area contributed by atoms with Gasteiger partial charge >= 0.3 is 0 Å². The Labute approximate surface area is 125 Å². The Hall–Kier alpha value is -2.77. The molecule has 8 heteroatoms. The minimum Gasteiger partial charge on any atom is -0.354 e. The van der Waals surface area contributed by atoms with E-state index in [-0.39, 0.29) is 11.1 Å². The van der Waals surface area contributed by atoms with Gasteiger partial charge in [0.1, 0.15) is 11.1 Å². The fraction of sp³-hybridized carbons (Fsp3) is 0.357. The van der Waals surface area contributed by atoms with E-state index in [9.17, 15) is 24.5 Å². The van der Waals surface area contributed by atoms with Crippen LogP contribution in [0.2, 0.25) is 0 Å². The maximum atomic E-state index is 12.6. The number of imide groups is 1. The number of amides is 3. The molecule has 22 heavy (non-hydrogen) atoms. The summed E-state index contributed by atoms with van der Waals surface area (Å²) >= 11 is 0. The van der Waals surface area contributed by atoms with Crippen LogP contribution in [0.5, 0.6) is 0 Å². The number of nitrogens with one attached hydrogen (secondary N) is 1. The highest BCUT2D eigenvalue weighted by atomic mass is 16.6. The highest BCUT2D eigenvalue weighted by Crippen LogP contribution is 2.37. The third-order valence-electron chi connectivity index (χ3n) is 4.20. The first-order chi connectivity index (χ1) is 10.4. The van der Waals surface area contributed by atoms with Crippen LogP contribution >= 0.6 is 0 Å². The second-order valence-corrected chi connectivity index (χ2v) is 5.54. The Morgan fingerprint density at radius 3 is 2.64 bits per heavy atom. The van der Waals surface area contributed by atoms with Gasteiger partial charge in [0.15, 0.2) is 0 Å². The molecular weight excluding hydrogens is 290 g/mol. The monoisotopic (exact) mass is 303 g/mol. The molecule has 0 radical (unpaired) electrons. The molecule has 0 unspecified atom stereocenters. The van der Waals surface area contributed by atoms with Crippen LogP contribution in [0.1, 0.15) is 40.5 Å². The summed E-state index contributed by atoms with van der Waals surface area (Å²) in [5.41, 5.74) is -2.01. The number of nitro groups is 1. The van der Waals surface area contributed by atoms with Gasteiger partial charge in [-0.05, 0) is 25.8 Å². The number of benzene rings is 1. The number of hydrogen-bond acceptors (Lipinski definition) is 5. The van der Waals surface area contributed by atoms with Crippen molar-refractivity contribution in [2.75, 3.05) is 6.54 Å². The molecule has 0 aliphatic carbocycles. The lowest BCUT2D eigenvalue weighted by molar-refractivity contribution is -0.385. The maximum Gasteiger partial charge on any atom is 0.282 e. The predicted molar refractivity (Wildman–Crippen MR) is 74.2 cm³/mol. The average Bonchev–Trinajstić information content (AvgIpc) is 2.74. The molecule has 2 aliphatic rings. The van der Waals surface area contributed by atoms with Crippen molar-refractivity contribution in [2.24, 2.45) is 0 Å². The van der Waals surface area contributed by atoms with E-state index < -0.39 is 33.9 Å². The largest absolute Gasteiger partial charge is 0.354 e. The molecule has 1 N–H and O–H groups in total. The summed E-state index contributed by atoms with van der Waals surface area (Å²) in [6.45, 7) is 1.99. The number of nitro benzene ring substituents is 1. The van der Waals surface area contributed by atoms with Gasteiger partial charge in [0.05, 0.1) is 10.5 Å². The van der Waals surface area contributed by atoms with Crippen LogP contribution in [0.25, 0.3) is 0 Å². The molecule has 2 aliphatic heterocycles. The Bertz CT molecular complexity index is 729. The Kier molecular flexibility index (Phi) is 2.98. The van der Waals surface area contributed by atoms with Crippen LogP contribution in [0.3, 0.4) is 0 Å². The first-order valence-corrected chi connectivity index (χ1v) is 6.82. The van der Waals surface area contributed by atoms with E-state index in [2.05, 4.69) is 5.32 Å². The molecule has 1 aromatic carbocycles. The van der Waals surface area contributed by atoms with Gasteiger partial charge in [0.25, 0.3) is 17.5 Å². The molecule has 0 bridgehead atoms. The van der Waals surface area contributed by atoms with E-state index in [0.29, 0.717) is 19.4 Å². The number of nitrogens with zero attached hydrogens (tertiary/aromatic N) is 2. The molecule has 1 atom stereocenters. The van der Waals surface area contributed by atoms with Crippen molar-refractivity contribution in [3.05, 3.63) is 39.4 Å². The molecule has 1 aromatic rings. The SMILES string of the molecule is C[C@@]1(N2C(=O)c3cccc([N+](=O)[O-])c3C2=O)CCCNC1=O. The Morgan fingerprint density at radius 1 is 1.27 bits per heavy atom. The summed E-state index contributed by atoms with van der Waals surface area (Å²) in [5, 5.41) is 13.7. The number of fused-ring (bicyclic) bond motifs is 1. The van der Waals surface area contributed by atoms with Gasteiger partial charge in [-0.25, -0.2) is 0 Å². The fourth-order valence-corrected chi connectivity index (χ4v) is 3.02. The molecule has 1 fully saturated rings. The summed E-state index contributed by atoms with van der Waals surface area (Å²) in [5.74, 6) is -1.87. The third-order valence-corrected chi connectivity index (χ3v) is 4.20. The molecule has 8 nitrogen and oxygen atoms in total. The van der Waals surface area contributed by atoms with Crippen LogP contribution in [-0.4, -0.2) is 39.6 Å². The van der Waals surface area contributed by atoms with Crippen molar-refractivity contribution in [3.8, 4) is 0 Å². The van der Waals surface area contributed by atoms with Crippen LogP contribution in [0.15, 0.2) is 18.2 Å². The number of piperidine rings is 1. The zero-order valence-corrected chi connectivity index (χ0v) is 11.8. The minimum atomic E-state index is -1.32. The van der Waals surface area contributed by atoms with Crippen LogP contribution in [-0.2, 0) is 4.79 Å². The quantitative estimate of drug-likeness (QED) is 0.495. The Morgan fingerprint density at radius 2 is 2.00 bits per heavy atom. The number of rotatable bonds is 2. The van der Waals surface area contributed by atoms with Gasteiger partial charge in [-0.1, -0.05) is 6.07 Å². The van der Waals surface area contributed by atoms with E-state index in [4.69, 9.17) is 0 Å². The van der Waals surface area contributed by atoms with Crippen LogP contribution in [0, 0.1) is 10.1 Å². The fourth-order valence-electron chi connectivity index (χ4n) is 3.02. The summed E-state index contributed by atoms with van der Waals surface area (Å²) in [7, 11) is 0. The van der Waals surface area contributed by atoms with Gasteiger partial charge < -0.3 is 5.32 Å². The lowest BCUT2D eigenvalue weighted by atomic mass is 9.89. The van der Waals surface area contributed by atoms with Crippen molar-refractivity contribution < 1.29 is 19.3 Å². The van der Waals surface area contributed by atoms with E-state index in [1.807, 2.05) is 0 Å². The zero-order chi connectivity index (χ0) is 16.1. The summed E-state index contributed by atoms with van der Waals surface area (Å²) in [4.78, 5) is 48.6. The second kappa shape index (κ2) is 4.62. The number of carbonyl (C=O) groups excluding carboxylic acids is 3. The molecule has 114 valence electrons. The third kappa shape index (κ3) is 1.73. The Balaban J connectivity index is 2.13. The highest BCUT2D eigenvalue weighted by molar-refractivity contribution is 6.25. The molecule has 0 spiro atoms. The number of hydrogen-bond donors (Lipinski definition) is 1. The van der Waals surface area contributed by atoms with Crippen molar-refractivity contribution in [3.63, 3.8) is 0 Å². The van der Waals surface area contributed by atoms with Gasteiger partial charge in [0, 0.05) is 12.6 Å². The van der Waals surface area contributed by atoms with Gasteiger partial charge in [-0.3, -0.25) is 29.4 Å². The maximum absolute atomic E-state index is 12.6. The van der Waals surface area contributed by atoms with Crippen molar-refractivity contribution in [1.82, 2.24) is 10.2 Å². The minimum absolute atomic E-state index is 0.0289. The van der Waals surface area contributed by atoms with E-state index >= 15 is 0 Å². The molecule has 3 rings (SSSR count). The first-order valence-electron chi connectivity index (χ1n) is 6.82. The van der Waals surface area contributed by atoms with Gasteiger partial charge in [-0.2, -0.15) is 0 Å². The van der Waals surface area contributed by atoms with Gasteiger partial charge in [0.2, 0.25) is 5.91 Å². The van der Waals surface area contributed by atoms with Crippen molar-refractivity contribution in [2.45, 2.75) is 25.3 Å². The summed E-state index contributed by atoms with van der Waals surface area (Å²) < 4.78 is 0. The summed E-state index contributed by atoms with van der Waals surface area (Å²) in [6, 6.07) is 3.90. The van der Waals surface area contributed by atoms with E-state index in [1.54, 1.807) is 0 Å². The number of carbonyl (C=O) groups is 3. The molecular formula is C14H13N3O5. The van der Waals surface area contributed by atoms with Crippen molar-refractivity contribution >= 4 is 23.4 Å². The molecule has 3 amide bonds. The van der Waals surface area contributed by atoms with Crippen LogP contribution < -0.4 is 5.32 Å². The topological polar surface area (TPSA) is 110 Å². The van der Waals surface area contributed by atoms with Crippen LogP contribution in [0.4, 0.5) is 5.69 Å². The van der Waals surface area contributed by atoms with Gasteiger partial charge in [-0.15, -0.1) is 0 Å². The van der Waals surface area contributed by atoms with E-state index in [1.165, 1.54) is 25.1 Å². The smallest absolute Gasteiger partial charge is 0.282 e. The zero-order valence-electron chi connectivity index (χ0n) is 11.8. The summed E-state index contributed by atoms with van der Waals surface area (Å²) in [6.07, 6.45) is 0.954.